The van der Waals surface area contributed by atoms with Gasteiger partial charge < -0.3 is 14.8 Å². The first-order chi connectivity index (χ1) is 14.6. The summed E-state index contributed by atoms with van der Waals surface area (Å²) in [6.45, 7) is 0.456. The van der Waals surface area contributed by atoms with E-state index in [1.165, 1.54) is 18.2 Å². The van der Waals surface area contributed by atoms with Crippen LogP contribution in [0, 0.1) is 11.6 Å². The van der Waals surface area contributed by atoms with Gasteiger partial charge in [0, 0.05) is 23.1 Å². The Bertz CT molecular complexity index is 1330. The van der Waals surface area contributed by atoms with Gasteiger partial charge in [0.25, 0.3) is 5.91 Å². The van der Waals surface area contributed by atoms with Gasteiger partial charge >= 0.3 is 0 Å². The smallest absolute Gasteiger partial charge is 0.260 e. The van der Waals surface area contributed by atoms with Crippen LogP contribution < -0.4 is 4.90 Å². The van der Waals surface area contributed by atoms with E-state index < -0.39 is 12.0 Å². The summed E-state index contributed by atoms with van der Waals surface area (Å²) < 4.78 is 28.9. The highest BCUT2D eigenvalue weighted by molar-refractivity contribution is 6.04. The van der Waals surface area contributed by atoms with Crippen molar-refractivity contribution in [3.8, 4) is 0 Å². The summed E-state index contributed by atoms with van der Waals surface area (Å²) in [4.78, 5) is 20.3. The summed E-state index contributed by atoms with van der Waals surface area (Å²) in [5.41, 5.74) is 4.05. The zero-order valence-electron chi connectivity index (χ0n) is 15.9. The van der Waals surface area contributed by atoms with E-state index >= 15 is 0 Å². The Labute approximate surface area is 171 Å². The van der Waals surface area contributed by atoms with Crippen LogP contribution in [0.1, 0.15) is 27.8 Å². The number of para-hydroxylation sites is 1. The summed E-state index contributed by atoms with van der Waals surface area (Å²) in [7, 11) is 0. The van der Waals surface area contributed by atoms with Crippen molar-refractivity contribution in [1.82, 2.24) is 9.88 Å². The Balaban J connectivity index is 1.66. The van der Waals surface area contributed by atoms with Crippen molar-refractivity contribution in [2.75, 3.05) is 11.4 Å². The molecule has 6 rings (SSSR count). The lowest BCUT2D eigenvalue weighted by Crippen LogP contribution is -2.51. The number of rotatable bonds is 1. The molecular weight excluding hydrogens is 384 g/mol. The van der Waals surface area contributed by atoms with Gasteiger partial charge in [-0.2, -0.15) is 0 Å². The third-order valence-electron chi connectivity index (χ3n) is 6.06. The van der Waals surface area contributed by atoms with Gasteiger partial charge in [-0.05, 0) is 48.4 Å². The van der Waals surface area contributed by atoms with Crippen molar-refractivity contribution in [3.05, 3.63) is 95.2 Å². The molecule has 1 atom stereocenters. The summed E-state index contributed by atoms with van der Waals surface area (Å²) in [5.74, 6) is -1.30. The molecule has 1 amide bonds. The fraction of sp³-hybridized carbons (Fsp3) is 0.125. The molecule has 0 bridgehead atoms. The maximum Gasteiger partial charge on any atom is 0.260 e. The van der Waals surface area contributed by atoms with Crippen LogP contribution in [-0.2, 0) is 6.42 Å². The van der Waals surface area contributed by atoms with Crippen molar-refractivity contribution in [2.24, 2.45) is 0 Å². The molecule has 0 spiro atoms. The Morgan fingerprint density at radius 1 is 0.967 bits per heavy atom. The second kappa shape index (κ2) is 6.16. The lowest BCUT2D eigenvalue weighted by Gasteiger charge is -2.47. The quantitative estimate of drug-likeness (QED) is 0.470. The largest absolute Gasteiger partial charge is 0.355 e. The van der Waals surface area contributed by atoms with Gasteiger partial charge in [0.15, 0.2) is 6.17 Å². The van der Waals surface area contributed by atoms with Crippen LogP contribution >= 0.6 is 0 Å². The Kier molecular flexibility index (Phi) is 3.53. The fourth-order valence-electron chi connectivity index (χ4n) is 4.81. The van der Waals surface area contributed by atoms with Gasteiger partial charge in [0.2, 0.25) is 0 Å². The topological polar surface area (TPSA) is 39.3 Å². The standard InChI is InChI=1S/C24H17F2N3O/c25-14-5-3-6-15(13-14)29-20-10-4-8-18(26)21(20)24(30)28-12-11-17-16-7-1-2-9-19(16)27-22(17)23(28)29/h1-10,13,23,27H,11-12H2. The summed E-state index contributed by atoms with van der Waals surface area (Å²) in [5, 5.41) is 1.11. The minimum absolute atomic E-state index is 0.0255. The lowest BCUT2D eigenvalue weighted by molar-refractivity contribution is 0.0636. The molecule has 2 aliphatic rings. The first-order valence-electron chi connectivity index (χ1n) is 9.87. The molecular formula is C24H17F2N3O. The highest BCUT2D eigenvalue weighted by Crippen LogP contribution is 2.47. The lowest BCUT2D eigenvalue weighted by atomic mass is 9.95. The number of hydrogen-bond donors (Lipinski definition) is 1. The van der Waals surface area contributed by atoms with Crippen molar-refractivity contribution in [3.63, 3.8) is 0 Å². The molecule has 148 valence electrons. The number of H-pyrrole nitrogens is 1. The highest BCUT2D eigenvalue weighted by atomic mass is 19.1. The van der Waals surface area contributed by atoms with Gasteiger partial charge in [-0.3, -0.25) is 4.79 Å². The number of fused-ring (bicyclic) bond motifs is 6. The van der Waals surface area contributed by atoms with Gasteiger partial charge in [0.05, 0.1) is 16.9 Å². The van der Waals surface area contributed by atoms with E-state index in [4.69, 9.17) is 0 Å². The van der Waals surface area contributed by atoms with Crippen molar-refractivity contribution in [2.45, 2.75) is 12.6 Å². The van der Waals surface area contributed by atoms with E-state index in [2.05, 4.69) is 11.1 Å². The zero-order chi connectivity index (χ0) is 20.4. The Morgan fingerprint density at radius 3 is 2.67 bits per heavy atom. The minimum atomic E-state index is -0.570. The van der Waals surface area contributed by atoms with Gasteiger partial charge in [0.1, 0.15) is 11.6 Å². The molecule has 6 heteroatoms. The van der Waals surface area contributed by atoms with E-state index in [-0.39, 0.29) is 17.3 Å². The fourth-order valence-corrected chi connectivity index (χ4v) is 4.81. The molecule has 0 fully saturated rings. The predicted molar refractivity (Wildman–Crippen MR) is 111 cm³/mol. The number of hydrogen-bond acceptors (Lipinski definition) is 2. The summed E-state index contributed by atoms with van der Waals surface area (Å²) in [6.07, 6.45) is 0.160. The molecule has 3 aromatic carbocycles. The zero-order valence-corrected chi connectivity index (χ0v) is 15.9. The molecule has 4 aromatic rings. The number of halogens is 2. The number of benzene rings is 3. The number of amides is 1. The summed E-state index contributed by atoms with van der Waals surface area (Å²) in [6, 6.07) is 18.8. The summed E-state index contributed by atoms with van der Waals surface area (Å²) >= 11 is 0. The number of anilines is 2. The number of nitrogens with one attached hydrogen (secondary N) is 1. The monoisotopic (exact) mass is 401 g/mol. The predicted octanol–water partition coefficient (Wildman–Crippen LogP) is 5.29. The maximum atomic E-state index is 14.8. The third-order valence-corrected chi connectivity index (χ3v) is 6.06. The number of aromatic nitrogens is 1. The Hall–Kier alpha value is -3.67. The highest BCUT2D eigenvalue weighted by Gasteiger charge is 2.44. The molecule has 1 unspecified atom stereocenters. The third kappa shape index (κ3) is 2.27. The van der Waals surface area contributed by atoms with Gasteiger partial charge in [-0.1, -0.05) is 30.3 Å². The van der Waals surface area contributed by atoms with Gasteiger partial charge in [-0.25, -0.2) is 8.78 Å². The molecule has 30 heavy (non-hydrogen) atoms. The van der Waals surface area contributed by atoms with Crippen molar-refractivity contribution >= 4 is 28.2 Å². The van der Waals surface area contributed by atoms with Crippen LogP contribution in [-0.4, -0.2) is 22.3 Å². The number of carbonyl (C=O) groups excluding carboxylic acids is 1. The number of nitrogens with zero attached hydrogens (tertiary/aromatic N) is 2. The molecule has 0 saturated carbocycles. The first-order valence-corrected chi connectivity index (χ1v) is 9.87. The Morgan fingerprint density at radius 2 is 1.80 bits per heavy atom. The van der Waals surface area contributed by atoms with Crippen LogP contribution in [0.2, 0.25) is 0 Å². The van der Waals surface area contributed by atoms with Crippen molar-refractivity contribution < 1.29 is 13.6 Å². The van der Waals surface area contributed by atoms with Crippen LogP contribution in [0.4, 0.5) is 20.2 Å². The second-order valence-corrected chi connectivity index (χ2v) is 7.67. The molecule has 0 aliphatic carbocycles. The minimum Gasteiger partial charge on any atom is -0.355 e. The van der Waals surface area contributed by atoms with Gasteiger partial charge in [-0.15, -0.1) is 0 Å². The van der Waals surface area contributed by atoms with E-state index in [0.29, 0.717) is 24.3 Å². The first kappa shape index (κ1) is 17.2. The molecule has 0 saturated heterocycles. The van der Waals surface area contributed by atoms with E-state index in [1.54, 1.807) is 29.2 Å². The number of aromatic amines is 1. The molecule has 1 N–H and O–H groups in total. The van der Waals surface area contributed by atoms with E-state index in [9.17, 15) is 13.6 Å². The van der Waals surface area contributed by atoms with E-state index in [0.717, 1.165) is 22.2 Å². The maximum absolute atomic E-state index is 14.8. The molecule has 0 radical (unpaired) electrons. The van der Waals surface area contributed by atoms with Crippen LogP contribution in [0.25, 0.3) is 10.9 Å². The SMILES string of the molecule is O=C1c2c(F)cccc2N(c2cccc(F)c2)C2c3[nH]c4ccccc4c3CCN12. The van der Waals surface area contributed by atoms with Crippen LogP contribution in [0.3, 0.4) is 0 Å². The van der Waals surface area contributed by atoms with Crippen LogP contribution in [0.5, 0.6) is 0 Å². The van der Waals surface area contributed by atoms with Crippen molar-refractivity contribution in [1.29, 1.82) is 0 Å². The molecule has 1 aromatic heterocycles. The molecule has 2 aliphatic heterocycles. The van der Waals surface area contributed by atoms with E-state index in [1.807, 2.05) is 23.1 Å². The number of carbonyl (C=O) groups is 1. The molecule has 3 heterocycles. The molecule has 4 nitrogen and oxygen atoms in total. The normalized spacial score (nSPS) is 17.7. The average Bonchev–Trinajstić information content (AvgIpc) is 3.13. The second-order valence-electron chi connectivity index (χ2n) is 7.67. The van der Waals surface area contributed by atoms with Crippen LogP contribution in [0.15, 0.2) is 66.7 Å². The average molecular weight is 401 g/mol.